The molecule has 138 valence electrons. The Morgan fingerprint density at radius 3 is 2.41 bits per heavy atom. The van der Waals surface area contributed by atoms with Gasteiger partial charge in [0.15, 0.2) is 0 Å². The van der Waals surface area contributed by atoms with Crippen molar-refractivity contribution < 1.29 is 9.59 Å². The highest BCUT2D eigenvalue weighted by atomic mass is 32.1. The fraction of sp³-hybridized carbons (Fsp3) is 0.158. The number of nitrogens with one attached hydrogen (secondary N) is 3. The Balaban J connectivity index is 1.52. The minimum Gasteiger partial charge on any atom is -0.326 e. The largest absolute Gasteiger partial charge is 0.326 e. The van der Waals surface area contributed by atoms with E-state index in [-0.39, 0.29) is 12.3 Å². The number of nitrogens with zero attached hydrogens (tertiary/aromatic N) is 2. The van der Waals surface area contributed by atoms with Crippen molar-refractivity contribution in [3.05, 3.63) is 64.7 Å². The summed E-state index contributed by atoms with van der Waals surface area (Å²) in [5.74, 6) is -0.188. The Morgan fingerprint density at radius 2 is 1.67 bits per heavy atom. The number of carbonyl (C=O) groups excluding carboxylic acids is 2. The van der Waals surface area contributed by atoms with E-state index < -0.39 is 6.03 Å². The van der Waals surface area contributed by atoms with Crippen LogP contribution in [0.1, 0.15) is 16.1 Å². The number of carbonyl (C=O) groups is 2. The molecule has 8 heteroatoms. The second kappa shape index (κ2) is 8.41. The molecule has 0 atom stereocenters. The molecular weight excluding hydrogens is 362 g/mol. The van der Waals surface area contributed by atoms with Crippen molar-refractivity contribution >= 4 is 39.8 Å². The number of urea groups is 1. The first kappa shape index (κ1) is 18.5. The fourth-order valence-corrected chi connectivity index (χ4v) is 3.07. The zero-order chi connectivity index (χ0) is 19.2. The maximum Gasteiger partial charge on any atom is 0.325 e. The summed E-state index contributed by atoms with van der Waals surface area (Å²) < 4.78 is 0. The van der Waals surface area contributed by atoms with Gasteiger partial charge >= 0.3 is 6.03 Å². The summed E-state index contributed by atoms with van der Waals surface area (Å²) in [6.45, 7) is 3.93. The lowest BCUT2D eigenvalue weighted by Crippen LogP contribution is -2.19. The predicted octanol–water partition coefficient (Wildman–Crippen LogP) is 3.98. The van der Waals surface area contributed by atoms with E-state index >= 15 is 0 Å². The molecule has 0 saturated heterocycles. The summed E-state index contributed by atoms with van der Waals surface area (Å²) in [6.07, 6.45) is 0.0901. The van der Waals surface area contributed by atoms with Crippen LogP contribution in [0.5, 0.6) is 0 Å². The highest BCUT2D eigenvalue weighted by molar-refractivity contribution is 7.15. The summed E-state index contributed by atoms with van der Waals surface area (Å²) in [6, 6.07) is 14.6. The number of aromatic nitrogens is 2. The Kier molecular flexibility index (Phi) is 5.77. The number of anilines is 3. The molecule has 0 aliphatic rings. The van der Waals surface area contributed by atoms with Gasteiger partial charge in [0.2, 0.25) is 11.0 Å². The topological polar surface area (TPSA) is 96.0 Å². The zero-order valence-electron chi connectivity index (χ0n) is 14.9. The number of benzene rings is 2. The quantitative estimate of drug-likeness (QED) is 0.623. The van der Waals surface area contributed by atoms with Gasteiger partial charge in [-0.25, -0.2) is 4.79 Å². The molecule has 1 aromatic heterocycles. The molecule has 0 radical (unpaired) electrons. The summed E-state index contributed by atoms with van der Waals surface area (Å²) in [4.78, 5) is 24.1. The summed E-state index contributed by atoms with van der Waals surface area (Å²) >= 11 is 1.16. The lowest BCUT2D eigenvalue weighted by molar-refractivity contribution is -0.115. The average Bonchev–Trinajstić information content (AvgIpc) is 3.03. The molecule has 3 amide bonds. The number of hydrogen-bond donors (Lipinski definition) is 3. The van der Waals surface area contributed by atoms with E-state index in [0.717, 1.165) is 28.2 Å². The van der Waals surface area contributed by atoms with Crippen molar-refractivity contribution in [3.8, 4) is 0 Å². The monoisotopic (exact) mass is 381 g/mol. The standard InChI is InChI=1S/C19H19N5O2S/c1-12-6-8-14(9-7-12)21-18(26)22-19-24-23-17(27-19)11-16(25)20-15-5-3-4-13(2)10-15/h3-10H,11H2,1-2H3,(H,20,25)(H2,21,22,24,26). The van der Waals surface area contributed by atoms with Crippen molar-refractivity contribution in [2.45, 2.75) is 20.3 Å². The number of rotatable bonds is 5. The van der Waals surface area contributed by atoms with Crippen LogP contribution in [0.25, 0.3) is 0 Å². The van der Waals surface area contributed by atoms with Crippen LogP contribution < -0.4 is 16.0 Å². The lowest BCUT2D eigenvalue weighted by atomic mass is 10.2. The van der Waals surface area contributed by atoms with Crippen LogP contribution in [-0.4, -0.2) is 22.1 Å². The molecule has 1 heterocycles. The molecule has 3 aromatic rings. The fourth-order valence-electron chi connectivity index (χ4n) is 2.34. The van der Waals surface area contributed by atoms with Crippen LogP contribution in [0.2, 0.25) is 0 Å². The third-order valence-corrected chi connectivity index (χ3v) is 4.45. The van der Waals surface area contributed by atoms with E-state index in [1.54, 1.807) is 0 Å². The summed E-state index contributed by atoms with van der Waals surface area (Å²) in [7, 11) is 0. The third-order valence-electron chi connectivity index (χ3n) is 3.61. The van der Waals surface area contributed by atoms with Gasteiger partial charge in [-0.15, -0.1) is 10.2 Å². The number of hydrogen-bond acceptors (Lipinski definition) is 5. The van der Waals surface area contributed by atoms with Crippen molar-refractivity contribution in [1.29, 1.82) is 0 Å². The SMILES string of the molecule is Cc1ccc(NC(=O)Nc2nnc(CC(=O)Nc3cccc(C)c3)s2)cc1. The van der Waals surface area contributed by atoms with Crippen LogP contribution in [0.3, 0.4) is 0 Å². The molecule has 0 aliphatic carbocycles. The van der Waals surface area contributed by atoms with Gasteiger partial charge in [-0.1, -0.05) is 41.2 Å². The van der Waals surface area contributed by atoms with Gasteiger partial charge in [0, 0.05) is 11.4 Å². The van der Waals surface area contributed by atoms with E-state index in [2.05, 4.69) is 26.1 Å². The van der Waals surface area contributed by atoms with Crippen molar-refractivity contribution in [3.63, 3.8) is 0 Å². The van der Waals surface area contributed by atoms with Gasteiger partial charge < -0.3 is 10.6 Å². The molecular formula is C19H19N5O2S. The van der Waals surface area contributed by atoms with E-state index in [1.807, 2.05) is 62.4 Å². The highest BCUT2D eigenvalue weighted by Crippen LogP contribution is 2.17. The molecule has 0 bridgehead atoms. The van der Waals surface area contributed by atoms with Crippen LogP contribution in [0.15, 0.2) is 48.5 Å². The summed E-state index contributed by atoms with van der Waals surface area (Å²) in [5.41, 5.74) is 3.59. The molecule has 7 nitrogen and oxygen atoms in total. The molecule has 0 saturated carbocycles. The van der Waals surface area contributed by atoms with Gasteiger partial charge in [-0.2, -0.15) is 0 Å². The van der Waals surface area contributed by atoms with Crippen LogP contribution in [-0.2, 0) is 11.2 Å². The van der Waals surface area contributed by atoms with Gasteiger partial charge in [0.05, 0.1) is 6.42 Å². The maximum absolute atomic E-state index is 12.1. The Hall–Kier alpha value is -3.26. The molecule has 27 heavy (non-hydrogen) atoms. The summed E-state index contributed by atoms with van der Waals surface area (Å²) in [5, 5.41) is 16.9. The molecule has 3 rings (SSSR count). The van der Waals surface area contributed by atoms with E-state index in [4.69, 9.17) is 0 Å². The van der Waals surface area contributed by atoms with Crippen LogP contribution >= 0.6 is 11.3 Å². The molecule has 0 unspecified atom stereocenters. The second-order valence-corrected chi connectivity index (χ2v) is 7.10. The zero-order valence-corrected chi connectivity index (χ0v) is 15.8. The number of amides is 3. The predicted molar refractivity (Wildman–Crippen MR) is 107 cm³/mol. The van der Waals surface area contributed by atoms with Gasteiger partial charge in [-0.05, 0) is 43.7 Å². The maximum atomic E-state index is 12.1. The van der Waals surface area contributed by atoms with Gasteiger partial charge in [0.25, 0.3) is 0 Å². The Morgan fingerprint density at radius 1 is 0.889 bits per heavy atom. The molecule has 2 aromatic carbocycles. The van der Waals surface area contributed by atoms with E-state index in [0.29, 0.717) is 15.8 Å². The first-order chi connectivity index (χ1) is 13.0. The third kappa shape index (κ3) is 5.61. The Bertz CT molecular complexity index is 953. The van der Waals surface area contributed by atoms with Gasteiger partial charge in [0.1, 0.15) is 5.01 Å². The van der Waals surface area contributed by atoms with E-state index in [9.17, 15) is 9.59 Å². The van der Waals surface area contributed by atoms with Crippen molar-refractivity contribution in [2.75, 3.05) is 16.0 Å². The lowest BCUT2D eigenvalue weighted by Gasteiger charge is -2.05. The first-order valence-electron chi connectivity index (χ1n) is 8.31. The molecule has 3 N–H and O–H groups in total. The minimum atomic E-state index is -0.411. The first-order valence-corrected chi connectivity index (χ1v) is 9.13. The van der Waals surface area contributed by atoms with Gasteiger partial charge in [-0.3, -0.25) is 10.1 Å². The van der Waals surface area contributed by atoms with Crippen molar-refractivity contribution in [1.82, 2.24) is 10.2 Å². The number of aryl methyl sites for hydroxylation is 2. The normalized spacial score (nSPS) is 10.3. The highest BCUT2D eigenvalue weighted by Gasteiger charge is 2.12. The van der Waals surface area contributed by atoms with Crippen LogP contribution in [0.4, 0.5) is 21.3 Å². The second-order valence-electron chi connectivity index (χ2n) is 6.04. The van der Waals surface area contributed by atoms with E-state index in [1.165, 1.54) is 0 Å². The minimum absolute atomic E-state index is 0.0901. The average molecular weight is 381 g/mol. The molecule has 0 fully saturated rings. The molecule has 0 spiro atoms. The van der Waals surface area contributed by atoms with Crippen LogP contribution in [0, 0.1) is 13.8 Å². The smallest absolute Gasteiger partial charge is 0.325 e. The molecule has 0 aliphatic heterocycles. The van der Waals surface area contributed by atoms with Crippen molar-refractivity contribution in [2.24, 2.45) is 0 Å². The Labute approximate surface area is 160 Å².